The Labute approximate surface area is 121 Å². The molecular formula is C15H14N2O4. The van der Waals surface area contributed by atoms with Crippen molar-refractivity contribution < 1.29 is 19.1 Å². The van der Waals surface area contributed by atoms with E-state index in [2.05, 4.69) is 4.98 Å². The lowest BCUT2D eigenvalue weighted by Crippen LogP contribution is -2.40. The van der Waals surface area contributed by atoms with E-state index in [1.165, 1.54) is 11.2 Å². The van der Waals surface area contributed by atoms with Crippen LogP contribution < -0.4 is 0 Å². The first-order valence-corrected chi connectivity index (χ1v) is 6.71. The lowest BCUT2D eigenvalue weighted by Gasteiger charge is -2.19. The van der Waals surface area contributed by atoms with Gasteiger partial charge >= 0.3 is 5.97 Å². The number of nitrogens with zero attached hydrogens (tertiary/aromatic N) is 2. The average molecular weight is 286 g/mol. The molecule has 2 aromatic rings. The van der Waals surface area contributed by atoms with E-state index in [1.807, 2.05) is 30.3 Å². The van der Waals surface area contributed by atoms with Gasteiger partial charge in [0, 0.05) is 12.1 Å². The molecule has 1 saturated heterocycles. The smallest absolute Gasteiger partial charge is 0.326 e. The number of amides is 1. The number of aromatic nitrogens is 1. The van der Waals surface area contributed by atoms with E-state index in [1.54, 1.807) is 0 Å². The molecule has 2 heterocycles. The fourth-order valence-electron chi connectivity index (χ4n) is 2.50. The third-order valence-electron chi connectivity index (χ3n) is 3.54. The fraction of sp³-hybridized carbons (Fsp3) is 0.267. The number of benzene rings is 1. The second-order valence-corrected chi connectivity index (χ2v) is 4.90. The molecule has 6 heteroatoms. The highest BCUT2D eigenvalue weighted by Crippen LogP contribution is 2.22. The van der Waals surface area contributed by atoms with Crippen LogP contribution in [0.15, 0.2) is 41.0 Å². The third kappa shape index (κ3) is 2.52. The van der Waals surface area contributed by atoms with Gasteiger partial charge in [0.2, 0.25) is 5.89 Å². The first-order valence-electron chi connectivity index (χ1n) is 6.71. The molecule has 0 spiro atoms. The summed E-state index contributed by atoms with van der Waals surface area (Å²) in [6.45, 7) is 0.434. The number of carbonyl (C=O) groups excluding carboxylic acids is 1. The molecule has 1 aromatic heterocycles. The Morgan fingerprint density at radius 2 is 2.05 bits per heavy atom. The van der Waals surface area contributed by atoms with Crippen LogP contribution in [-0.4, -0.2) is 39.5 Å². The van der Waals surface area contributed by atoms with Crippen molar-refractivity contribution >= 4 is 11.9 Å². The Kier molecular flexibility index (Phi) is 3.43. The number of hydrogen-bond donors (Lipinski definition) is 1. The number of carboxylic acids is 1. The highest BCUT2D eigenvalue weighted by atomic mass is 16.4. The van der Waals surface area contributed by atoms with Crippen molar-refractivity contribution in [3.63, 3.8) is 0 Å². The molecule has 6 nitrogen and oxygen atoms in total. The number of hydrogen-bond acceptors (Lipinski definition) is 4. The Morgan fingerprint density at radius 1 is 1.29 bits per heavy atom. The highest BCUT2D eigenvalue weighted by Gasteiger charge is 2.35. The maximum Gasteiger partial charge on any atom is 0.326 e. The van der Waals surface area contributed by atoms with Gasteiger partial charge in [-0.2, -0.15) is 0 Å². The molecule has 1 atom stereocenters. The van der Waals surface area contributed by atoms with E-state index in [0.717, 1.165) is 5.56 Å². The average Bonchev–Trinajstić information content (AvgIpc) is 3.17. The molecule has 1 aliphatic rings. The first kappa shape index (κ1) is 13.4. The van der Waals surface area contributed by atoms with E-state index >= 15 is 0 Å². The van der Waals surface area contributed by atoms with Crippen LogP contribution in [0.3, 0.4) is 0 Å². The van der Waals surface area contributed by atoms with Gasteiger partial charge in [0.15, 0.2) is 5.69 Å². The van der Waals surface area contributed by atoms with Gasteiger partial charge in [0.05, 0.1) is 0 Å². The summed E-state index contributed by atoms with van der Waals surface area (Å²) in [6, 6.07) is 8.46. The van der Waals surface area contributed by atoms with Gasteiger partial charge in [0.25, 0.3) is 5.91 Å². The molecule has 108 valence electrons. The van der Waals surface area contributed by atoms with Crippen LogP contribution in [0.25, 0.3) is 11.5 Å². The van der Waals surface area contributed by atoms with Crippen molar-refractivity contribution in [2.75, 3.05) is 6.54 Å². The minimum absolute atomic E-state index is 0.141. The van der Waals surface area contributed by atoms with E-state index in [0.29, 0.717) is 25.3 Å². The number of rotatable bonds is 3. The van der Waals surface area contributed by atoms with Crippen molar-refractivity contribution in [1.82, 2.24) is 9.88 Å². The van der Waals surface area contributed by atoms with Crippen molar-refractivity contribution in [3.05, 3.63) is 42.3 Å². The van der Waals surface area contributed by atoms with Crippen molar-refractivity contribution in [1.29, 1.82) is 0 Å². The van der Waals surface area contributed by atoms with E-state index < -0.39 is 17.9 Å². The molecule has 1 amide bonds. The Hall–Kier alpha value is -2.63. The summed E-state index contributed by atoms with van der Waals surface area (Å²) in [6.07, 6.45) is 2.44. The van der Waals surface area contributed by atoms with Crippen LogP contribution in [0.5, 0.6) is 0 Å². The van der Waals surface area contributed by atoms with Crippen LogP contribution in [0.1, 0.15) is 23.3 Å². The zero-order chi connectivity index (χ0) is 14.8. The number of oxazole rings is 1. The van der Waals surface area contributed by atoms with Crippen molar-refractivity contribution in [2.24, 2.45) is 0 Å². The van der Waals surface area contributed by atoms with Crippen LogP contribution in [0, 0.1) is 0 Å². The highest BCUT2D eigenvalue weighted by molar-refractivity contribution is 5.95. The Morgan fingerprint density at radius 3 is 2.76 bits per heavy atom. The third-order valence-corrected chi connectivity index (χ3v) is 3.54. The van der Waals surface area contributed by atoms with Gasteiger partial charge in [-0.1, -0.05) is 18.2 Å². The van der Waals surface area contributed by atoms with Crippen LogP contribution in [0.2, 0.25) is 0 Å². The molecule has 21 heavy (non-hydrogen) atoms. The fourth-order valence-corrected chi connectivity index (χ4v) is 2.50. The first-order chi connectivity index (χ1) is 10.2. The molecule has 1 aromatic carbocycles. The zero-order valence-corrected chi connectivity index (χ0v) is 11.2. The molecule has 1 aliphatic heterocycles. The summed E-state index contributed by atoms with van der Waals surface area (Å²) in [5.74, 6) is -1.02. The molecule has 0 radical (unpaired) electrons. The lowest BCUT2D eigenvalue weighted by atomic mass is 10.2. The molecule has 3 rings (SSSR count). The van der Waals surface area contributed by atoms with Gasteiger partial charge < -0.3 is 14.4 Å². The molecular weight excluding hydrogens is 272 g/mol. The monoisotopic (exact) mass is 286 g/mol. The van der Waals surface area contributed by atoms with Gasteiger partial charge in [-0.25, -0.2) is 9.78 Å². The number of carbonyl (C=O) groups is 2. The Bertz CT molecular complexity index is 665. The topological polar surface area (TPSA) is 83.6 Å². The summed E-state index contributed by atoms with van der Waals surface area (Å²) in [7, 11) is 0. The molecule has 1 fully saturated rings. The van der Waals surface area contributed by atoms with Crippen LogP contribution in [-0.2, 0) is 4.79 Å². The zero-order valence-electron chi connectivity index (χ0n) is 11.2. The van der Waals surface area contributed by atoms with E-state index in [9.17, 15) is 9.59 Å². The van der Waals surface area contributed by atoms with E-state index in [4.69, 9.17) is 9.52 Å². The summed E-state index contributed by atoms with van der Waals surface area (Å²) < 4.78 is 5.32. The second-order valence-electron chi connectivity index (χ2n) is 4.90. The molecule has 1 N–H and O–H groups in total. The molecule has 1 unspecified atom stereocenters. The molecule has 0 bridgehead atoms. The van der Waals surface area contributed by atoms with Gasteiger partial charge in [0.1, 0.15) is 12.3 Å². The summed E-state index contributed by atoms with van der Waals surface area (Å²) in [5.41, 5.74) is 0.912. The SMILES string of the molecule is O=C(O)C1CCCN1C(=O)c1coc(-c2ccccc2)n1. The van der Waals surface area contributed by atoms with Gasteiger partial charge in [-0.3, -0.25) is 4.79 Å². The van der Waals surface area contributed by atoms with Crippen LogP contribution in [0.4, 0.5) is 0 Å². The predicted molar refractivity (Wildman–Crippen MR) is 73.6 cm³/mol. The number of likely N-dealkylation sites (tertiary alicyclic amines) is 1. The lowest BCUT2D eigenvalue weighted by molar-refractivity contribution is -0.141. The number of aliphatic carboxylic acids is 1. The number of carboxylic acid groups (broad SMARTS) is 1. The minimum Gasteiger partial charge on any atom is -0.480 e. The maximum absolute atomic E-state index is 12.3. The maximum atomic E-state index is 12.3. The molecule has 0 aliphatic carbocycles. The standard InChI is InChI=1S/C15H14N2O4/c18-14(17-8-4-7-12(17)15(19)20)11-9-21-13(16-11)10-5-2-1-3-6-10/h1-3,5-6,9,12H,4,7-8H2,(H,19,20). The second kappa shape index (κ2) is 5.40. The summed E-state index contributed by atoms with van der Waals surface area (Å²) in [5, 5.41) is 9.12. The Balaban J connectivity index is 1.83. The van der Waals surface area contributed by atoms with Crippen molar-refractivity contribution in [3.8, 4) is 11.5 Å². The minimum atomic E-state index is -0.979. The van der Waals surface area contributed by atoms with Gasteiger partial charge in [-0.15, -0.1) is 0 Å². The predicted octanol–water partition coefficient (Wildman–Crippen LogP) is 2.03. The largest absolute Gasteiger partial charge is 0.480 e. The van der Waals surface area contributed by atoms with E-state index in [-0.39, 0.29) is 5.69 Å². The van der Waals surface area contributed by atoms with Gasteiger partial charge in [-0.05, 0) is 25.0 Å². The normalized spacial score (nSPS) is 17.9. The molecule has 0 saturated carbocycles. The quantitative estimate of drug-likeness (QED) is 0.933. The van der Waals surface area contributed by atoms with Crippen LogP contribution >= 0.6 is 0 Å². The van der Waals surface area contributed by atoms with Crippen molar-refractivity contribution in [2.45, 2.75) is 18.9 Å². The summed E-state index contributed by atoms with van der Waals surface area (Å²) in [4.78, 5) is 29.0. The summed E-state index contributed by atoms with van der Waals surface area (Å²) >= 11 is 0.